The molecule has 1 aliphatic rings. The Balaban J connectivity index is 1.10. The molecule has 0 heterocycles. The lowest BCUT2D eigenvalue weighted by Crippen LogP contribution is -2.30. The van der Waals surface area contributed by atoms with E-state index in [1.54, 1.807) is 97.1 Å². The third-order valence-electron chi connectivity index (χ3n) is 9.17. The van der Waals surface area contributed by atoms with E-state index in [1.165, 1.54) is 11.8 Å². The summed E-state index contributed by atoms with van der Waals surface area (Å²) in [6, 6.07) is 44.1. The monoisotopic (exact) mass is 756 g/mol. The summed E-state index contributed by atoms with van der Waals surface area (Å²) in [6.45, 7) is 0. The first kappa shape index (κ1) is 37.3. The fraction of sp³-hybridized carbons (Fsp3) is 0.0652. The predicted molar refractivity (Wildman–Crippen MR) is 221 cm³/mol. The Morgan fingerprint density at radius 1 is 0.625 bits per heavy atom. The number of hydrogen-bond donors (Lipinski definition) is 3. The minimum absolute atomic E-state index is 0.0579. The average Bonchev–Trinajstić information content (AvgIpc) is 3.23. The summed E-state index contributed by atoms with van der Waals surface area (Å²) in [5, 5.41) is 7.85. The third kappa shape index (κ3) is 8.20. The lowest BCUT2D eigenvalue weighted by atomic mass is 9.83. The van der Waals surface area contributed by atoms with E-state index in [0.29, 0.717) is 22.4 Å². The molecule has 1 atom stereocenters. The highest BCUT2D eigenvalue weighted by molar-refractivity contribution is 8.00. The Labute approximate surface area is 328 Å². The van der Waals surface area contributed by atoms with E-state index < -0.39 is 17.1 Å². The molecule has 3 amide bonds. The first-order valence-corrected chi connectivity index (χ1v) is 18.6. The molecule has 10 heteroatoms. The van der Waals surface area contributed by atoms with Crippen LogP contribution in [0.3, 0.4) is 0 Å². The van der Waals surface area contributed by atoms with Crippen LogP contribution >= 0.6 is 11.8 Å². The van der Waals surface area contributed by atoms with E-state index in [-0.39, 0.29) is 40.0 Å². The number of fused-ring (bicyclic) bond motifs is 2. The second-order valence-corrected chi connectivity index (χ2v) is 14.4. The number of thioether (sulfide) groups is 1. The fourth-order valence-electron chi connectivity index (χ4n) is 6.28. The molecule has 0 aromatic heterocycles. The second kappa shape index (κ2) is 16.5. The molecule has 1 aliphatic carbocycles. The normalized spacial score (nSPS) is 12.5. The van der Waals surface area contributed by atoms with Crippen LogP contribution in [-0.2, 0) is 9.59 Å². The van der Waals surface area contributed by atoms with Gasteiger partial charge in [0.1, 0.15) is 10.9 Å². The second-order valence-electron chi connectivity index (χ2n) is 13.2. The highest BCUT2D eigenvalue weighted by atomic mass is 32.2. The van der Waals surface area contributed by atoms with Gasteiger partial charge >= 0.3 is 0 Å². The number of nitrogens with zero attached hydrogens (tertiary/aromatic N) is 1. The van der Waals surface area contributed by atoms with Gasteiger partial charge < -0.3 is 20.9 Å². The third-order valence-corrected chi connectivity index (χ3v) is 10.4. The number of anilines is 3. The minimum Gasteiger partial charge on any atom is -0.378 e. The maximum atomic E-state index is 14.1. The van der Waals surface area contributed by atoms with Crippen molar-refractivity contribution < 1.29 is 24.0 Å². The average molecular weight is 757 g/mol. The summed E-state index contributed by atoms with van der Waals surface area (Å²) in [7, 11) is 3.88. The molecule has 3 N–H and O–H groups in total. The number of carbonyl (C=O) groups is 5. The summed E-state index contributed by atoms with van der Waals surface area (Å²) >= 11 is 1.29. The van der Waals surface area contributed by atoms with Gasteiger partial charge in [-0.05, 0) is 71.8 Å². The number of hydrogen-bond acceptors (Lipinski definition) is 7. The largest absolute Gasteiger partial charge is 0.378 e. The van der Waals surface area contributed by atoms with Gasteiger partial charge in [0.25, 0.3) is 11.8 Å². The molecule has 0 saturated heterocycles. The zero-order valence-electron chi connectivity index (χ0n) is 30.5. The summed E-state index contributed by atoms with van der Waals surface area (Å²) in [6.07, 6.45) is 1.62. The SMILES string of the molecule is CN(C)c1ccc(/C=C(\NC(=O)c2ccccc2)C(=O)Nc2ccc(SC(C(=O)Nc3cccc4c3C(=O)c3ccccc3C4=O)c3ccccc3)cc2)cc1. The molecule has 0 radical (unpaired) electrons. The van der Waals surface area contributed by atoms with Crippen LogP contribution in [0, 0.1) is 0 Å². The van der Waals surface area contributed by atoms with Crippen LogP contribution in [-0.4, -0.2) is 43.4 Å². The topological polar surface area (TPSA) is 125 Å². The van der Waals surface area contributed by atoms with E-state index >= 15 is 0 Å². The van der Waals surface area contributed by atoms with Crippen LogP contribution in [0.25, 0.3) is 6.08 Å². The Hall–Kier alpha value is -7.04. The van der Waals surface area contributed by atoms with Gasteiger partial charge in [-0.1, -0.05) is 97.1 Å². The highest BCUT2D eigenvalue weighted by Crippen LogP contribution is 2.38. The maximum Gasteiger partial charge on any atom is 0.272 e. The molecule has 56 heavy (non-hydrogen) atoms. The van der Waals surface area contributed by atoms with E-state index in [4.69, 9.17) is 0 Å². The van der Waals surface area contributed by atoms with Crippen molar-refractivity contribution in [2.75, 3.05) is 29.6 Å². The van der Waals surface area contributed by atoms with E-state index in [2.05, 4.69) is 16.0 Å². The number of amides is 3. The molecule has 6 aromatic carbocycles. The van der Waals surface area contributed by atoms with E-state index in [0.717, 1.165) is 21.7 Å². The van der Waals surface area contributed by atoms with Crippen molar-refractivity contribution in [1.29, 1.82) is 0 Å². The molecule has 0 fully saturated rings. The Morgan fingerprint density at radius 3 is 1.89 bits per heavy atom. The summed E-state index contributed by atoms with van der Waals surface area (Å²) in [5.41, 5.74) is 4.69. The minimum atomic E-state index is -0.740. The standard InChI is InChI=1S/C46H36N4O5S/c1-50(2)33-24-20-29(21-25-33)28-39(49-44(53)31-14-7-4-8-15-31)45(54)47-32-22-26-34(27-23-32)56-43(30-12-5-3-6-13-30)46(55)48-38-19-11-18-37-40(38)42(52)36-17-10-9-16-35(36)41(37)51/h3-28,43H,1-2H3,(H,47,54)(H,48,55)(H,49,53)/b39-28-. The van der Waals surface area contributed by atoms with Gasteiger partial charge in [0.2, 0.25) is 5.91 Å². The molecular weight excluding hydrogens is 721 g/mol. The molecule has 1 unspecified atom stereocenters. The van der Waals surface area contributed by atoms with Crippen molar-refractivity contribution in [3.63, 3.8) is 0 Å². The van der Waals surface area contributed by atoms with Gasteiger partial charge in [0.05, 0.1) is 11.3 Å². The fourth-order valence-corrected chi connectivity index (χ4v) is 7.30. The van der Waals surface area contributed by atoms with Crippen molar-refractivity contribution >= 4 is 64.2 Å². The summed E-state index contributed by atoms with van der Waals surface area (Å²) < 4.78 is 0. The molecule has 9 nitrogen and oxygen atoms in total. The number of rotatable bonds is 11. The van der Waals surface area contributed by atoms with Crippen LogP contribution in [0.4, 0.5) is 17.1 Å². The summed E-state index contributed by atoms with van der Waals surface area (Å²) in [4.78, 5) is 70.5. The van der Waals surface area contributed by atoms with Gasteiger partial charge in [0, 0.05) is 52.6 Å². The zero-order valence-corrected chi connectivity index (χ0v) is 31.3. The number of benzene rings is 6. The van der Waals surface area contributed by atoms with Gasteiger partial charge in [-0.15, -0.1) is 11.8 Å². The van der Waals surface area contributed by atoms with Crippen molar-refractivity contribution in [2.45, 2.75) is 10.1 Å². The van der Waals surface area contributed by atoms with Crippen LogP contribution in [0.15, 0.2) is 162 Å². The molecule has 276 valence electrons. The van der Waals surface area contributed by atoms with Gasteiger partial charge in [-0.25, -0.2) is 0 Å². The van der Waals surface area contributed by atoms with Crippen LogP contribution in [0.1, 0.15) is 58.6 Å². The maximum absolute atomic E-state index is 14.1. The smallest absolute Gasteiger partial charge is 0.272 e. The molecule has 7 rings (SSSR count). The number of ketones is 2. The molecule has 0 aliphatic heterocycles. The van der Waals surface area contributed by atoms with Crippen LogP contribution in [0.2, 0.25) is 0 Å². The Kier molecular flexibility index (Phi) is 11.0. The number of nitrogens with one attached hydrogen (secondary N) is 3. The highest BCUT2D eigenvalue weighted by Gasteiger charge is 2.33. The molecule has 0 saturated carbocycles. The lowest BCUT2D eigenvalue weighted by molar-refractivity contribution is -0.116. The molecule has 0 bridgehead atoms. The first-order valence-electron chi connectivity index (χ1n) is 17.8. The van der Waals surface area contributed by atoms with Gasteiger partial charge in [-0.2, -0.15) is 0 Å². The predicted octanol–water partition coefficient (Wildman–Crippen LogP) is 8.41. The van der Waals surface area contributed by atoms with E-state index in [9.17, 15) is 24.0 Å². The van der Waals surface area contributed by atoms with Crippen LogP contribution < -0.4 is 20.9 Å². The first-order chi connectivity index (χ1) is 27.2. The van der Waals surface area contributed by atoms with E-state index in [1.807, 2.05) is 79.7 Å². The number of carbonyl (C=O) groups excluding carboxylic acids is 5. The van der Waals surface area contributed by atoms with Crippen molar-refractivity contribution in [3.8, 4) is 0 Å². The molecule has 6 aromatic rings. The van der Waals surface area contributed by atoms with Crippen molar-refractivity contribution in [1.82, 2.24) is 5.32 Å². The van der Waals surface area contributed by atoms with Crippen molar-refractivity contribution in [3.05, 3.63) is 196 Å². The van der Waals surface area contributed by atoms with Gasteiger partial charge in [0.15, 0.2) is 11.6 Å². The summed E-state index contributed by atoms with van der Waals surface area (Å²) in [5.74, 6) is -1.92. The zero-order chi connectivity index (χ0) is 39.2. The van der Waals surface area contributed by atoms with Crippen molar-refractivity contribution in [2.24, 2.45) is 0 Å². The molecular formula is C46H36N4O5S. The quantitative estimate of drug-likeness (QED) is 0.0895. The Morgan fingerprint density at radius 2 is 1.23 bits per heavy atom. The van der Waals surface area contributed by atoms with Crippen LogP contribution in [0.5, 0.6) is 0 Å². The lowest BCUT2D eigenvalue weighted by Gasteiger charge is -2.22. The Bertz CT molecular complexity index is 2480. The van der Waals surface area contributed by atoms with Gasteiger partial charge in [-0.3, -0.25) is 24.0 Å². The molecule has 0 spiro atoms.